The highest BCUT2D eigenvalue weighted by Gasteiger charge is 2.59. The average Bonchev–Trinajstić information content (AvgIpc) is 2.89. The zero-order valence-corrected chi connectivity index (χ0v) is 9.78. The number of hydrogen-bond acceptors (Lipinski definition) is 2. The van der Waals surface area contributed by atoms with Gasteiger partial charge in [-0.1, -0.05) is 18.6 Å². The van der Waals surface area contributed by atoms with Crippen LogP contribution >= 0.6 is 0 Å². The van der Waals surface area contributed by atoms with E-state index >= 15 is 0 Å². The fourth-order valence-corrected chi connectivity index (χ4v) is 3.18. The van der Waals surface area contributed by atoms with E-state index in [2.05, 4.69) is 18.2 Å². The summed E-state index contributed by atoms with van der Waals surface area (Å²) in [5.74, 6) is 1.77. The van der Waals surface area contributed by atoms with Gasteiger partial charge in [-0.15, -0.1) is 0 Å². The Morgan fingerprint density at radius 1 is 1.38 bits per heavy atom. The molecule has 1 unspecified atom stereocenters. The predicted octanol–water partition coefficient (Wildman–Crippen LogP) is 2.46. The number of ether oxygens (including phenoxy) is 1. The van der Waals surface area contributed by atoms with Gasteiger partial charge in [0.15, 0.2) is 0 Å². The molecule has 1 aromatic carbocycles. The molecular weight excluding hydrogens is 198 g/mol. The lowest BCUT2D eigenvalue weighted by atomic mass is 9.70. The standard InChI is InChI=1S/C14H19NO/c1-16-12-7-3-6-11(8-12)14(9-13(14)15)10-4-2-5-10/h3,6-8,10,13H,2,4-5,9,15H2,1H3/t13-,14?/m1/s1. The molecule has 2 nitrogen and oxygen atoms in total. The molecule has 2 aliphatic rings. The van der Waals surface area contributed by atoms with Gasteiger partial charge in [-0.2, -0.15) is 0 Å². The molecule has 1 aromatic rings. The van der Waals surface area contributed by atoms with Crippen molar-refractivity contribution in [1.29, 1.82) is 0 Å². The number of methoxy groups -OCH3 is 1. The van der Waals surface area contributed by atoms with Crippen LogP contribution in [-0.2, 0) is 5.41 Å². The number of benzene rings is 1. The minimum atomic E-state index is 0.285. The lowest BCUT2D eigenvalue weighted by Gasteiger charge is -2.35. The Hall–Kier alpha value is -1.02. The van der Waals surface area contributed by atoms with Crippen LogP contribution in [0, 0.1) is 5.92 Å². The van der Waals surface area contributed by atoms with Crippen molar-refractivity contribution in [3.63, 3.8) is 0 Å². The minimum absolute atomic E-state index is 0.285. The van der Waals surface area contributed by atoms with E-state index in [1.165, 1.54) is 24.8 Å². The molecule has 0 aliphatic heterocycles. The Bertz CT molecular complexity index is 399. The Morgan fingerprint density at radius 2 is 2.12 bits per heavy atom. The molecule has 3 rings (SSSR count). The van der Waals surface area contributed by atoms with Crippen LogP contribution in [0.1, 0.15) is 31.2 Å². The minimum Gasteiger partial charge on any atom is -0.497 e. The van der Waals surface area contributed by atoms with Gasteiger partial charge in [-0.3, -0.25) is 0 Å². The zero-order chi connectivity index (χ0) is 11.2. The molecular formula is C14H19NO. The molecule has 0 heterocycles. The van der Waals surface area contributed by atoms with E-state index in [4.69, 9.17) is 10.5 Å². The van der Waals surface area contributed by atoms with Crippen molar-refractivity contribution in [2.75, 3.05) is 7.11 Å². The van der Waals surface area contributed by atoms with E-state index in [1.807, 2.05) is 6.07 Å². The Balaban J connectivity index is 1.94. The van der Waals surface area contributed by atoms with Crippen molar-refractivity contribution in [2.24, 2.45) is 11.7 Å². The van der Waals surface area contributed by atoms with Crippen LogP contribution in [0.2, 0.25) is 0 Å². The first kappa shape index (κ1) is 10.2. The Morgan fingerprint density at radius 3 is 2.62 bits per heavy atom. The van der Waals surface area contributed by atoms with Gasteiger partial charge in [-0.25, -0.2) is 0 Å². The largest absolute Gasteiger partial charge is 0.497 e. The summed E-state index contributed by atoms with van der Waals surface area (Å²) < 4.78 is 5.30. The maximum absolute atomic E-state index is 6.19. The van der Waals surface area contributed by atoms with E-state index < -0.39 is 0 Å². The van der Waals surface area contributed by atoms with E-state index in [-0.39, 0.29) is 5.41 Å². The molecule has 86 valence electrons. The van der Waals surface area contributed by atoms with Gasteiger partial charge < -0.3 is 10.5 Å². The van der Waals surface area contributed by atoms with Gasteiger partial charge >= 0.3 is 0 Å². The van der Waals surface area contributed by atoms with Crippen molar-refractivity contribution in [2.45, 2.75) is 37.1 Å². The van der Waals surface area contributed by atoms with Crippen LogP contribution in [0.3, 0.4) is 0 Å². The first-order chi connectivity index (χ1) is 7.77. The summed E-state index contributed by atoms with van der Waals surface area (Å²) >= 11 is 0. The van der Waals surface area contributed by atoms with Crippen molar-refractivity contribution in [3.8, 4) is 5.75 Å². The number of rotatable bonds is 3. The summed E-state index contributed by atoms with van der Waals surface area (Å²) in [4.78, 5) is 0. The van der Waals surface area contributed by atoms with Crippen LogP contribution < -0.4 is 10.5 Å². The van der Waals surface area contributed by atoms with Crippen LogP contribution in [0.5, 0.6) is 5.75 Å². The third-order valence-corrected chi connectivity index (χ3v) is 4.50. The van der Waals surface area contributed by atoms with Crippen LogP contribution in [0.15, 0.2) is 24.3 Å². The highest BCUT2D eigenvalue weighted by molar-refractivity contribution is 5.42. The molecule has 0 amide bonds. The molecule has 2 heteroatoms. The van der Waals surface area contributed by atoms with Gasteiger partial charge in [0.2, 0.25) is 0 Å². The molecule has 2 fully saturated rings. The normalized spacial score (nSPS) is 33.2. The van der Waals surface area contributed by atoms with Crippen LogP contribution in [-0.4, -0.2) is 13.2 Å². The van der Waals surface area contributed by atoms with Gasteiger partial charge in [0.05, 0.1) is 7.11 Å². The second-order valence-electron chi connectivity index (χ2n) is 5.21. The van der Waals surface area contributed by atoms with E-state index in [9.17, 15) is 0 Å². The fraction of sp³-hybridized carbons (Fsp3) is 0.571. The molecule has 2 aliphatic carbocycles. The zero-order valence-electron chi connectivity index (χ0n) is 9.78. The number of nitrogens with two attached hydrogens (primary N) is 1. The maximum atomic E-state index is 6.19. The summed E-state index contributed by atoms with van der Waals surface area (Å²) in [6.45, 7) is 0. The van der Waals surface area contributed by atoms with Gasteiger partial charge in [-0.05, 0) is 42.9 Å². The first-order valence-electron chi connectivity index (χ1n) is 6.17. The lowest BCUT2D eigenvalue weighted by molar-refractivity contribution is 0.239. The first-order valence-corrected chi connectivity index (χ1v) is 6.17. The summed E-state index contributed by atoms with van der Waals surface area (Å²) in [5.41, 5.74) is 7.87. The number of hydrogen-bond donors (Lipinski definition) is 1. The van der Waals surface area contributed by atoms with Crippen molar-refractivity contribution < 1.29 is 4.74 Å². The predicted molar refractivity (Wildman–Crippen MR) is 64.6 cm³/mol. The molecule has 2 saturated carbocycles. The molecule has 0 bridgehead atoms. The molecule has 2 atom stereocenters. The lowest BCUT2D eigenvalue weighted by Crippen LogP contribution is -2.32. The topological polar surface area (TPSA) is 35.2 Å². The molecule has 16 heavy (non-hydrogen) atoms. The van der Waals surface area contributed by atoms with E-state index in [0.29, 0.717) is 6.04 Å². The molecule has 0 aromatic heterocycles. The van der Waals surface area contributed by atoms with Gasteiger partial charge in [0.1, 0.15) is 5.75 Å². The Kier molecular flexibility index (Phi) is 2.21. The van der Waals surface area contributed by atoms with Crippen molar-refractivity contribution in [3.05, 3.63) is 29.8 Å². The highest BCUT2D eigenvalue weighted by Crippen LogP contribution is 2.59. The van der Waals surface area contributed by atoms with Crippen molar-refractivity contribution >= 4 is 0 Å². The SMILES string of the molecule is COc1cccc(C2(C3CCC3)C[C@H]2N)c1. The molecule has 2 N–H and O–H groups in total. The smallest absolute Gasteiger partial charge is 0.119 e. The van der Waals surface area contributed by atoms with E-state index in [0.717, 1.165) is 18.1 Å². The van der Waals surface area contributed by atoms with Crippen molar-refractivity contribution in [1.82, 2.24) is 0 Å². The second-order valence-corrected chi connectivity index (χ2v) is 5.21. The third kappa shape index (κ3) is 1.29. The summed E-state index contributed by atoms with van der Waals surface area (Å²) in [5, 5.41) is 0. The van der Waals surface area contributed by atoms with Gasteiger partial charge in [0, 0.05) is 11.5 Å². The molecule has 0 saturated heterocycles. The van der Waals surface area contributed by atoms with Crippen LogP contribution in [0.25, 0.3) is 0 Å². The van der Waals surface area contributed by atoms with Crippen LogP contribution in [0.4, 0.5) is 0 Å². The Labute approximate surface area is 96.8 Å². The fourth-order valence-electron chi connectivity index (χ4n) is 3.18. The summed E-state index contributed by atoms with van der Waals surface area (Å²) in [7, 11) is 1.72. The van der Waals surface area contributed by atoms with Gasteiger partial charge in [0.25, 0.3) is 0 Å². The maximum Gasteiger partial charge on any atom is 0.119 e. The second kappa shape index (κ2) is 3.49. The summed E-state index contributed by atoms with van der Waals surface area (Å²) in [6, 6.07) is 8.84. The molecule has 0 spiro atoms. The quantitative estimate of drug-likeness (QED) is 0.844. The van der Waals surface area contributed by atoms with E-state index in [1.54, 1.807) is 7.11 Å². The molecule has 0 radical (unpaired) electrons. The monoisotopic (exact) mass is 217 g/mol. The third-order valence-electron chi connectivity index (χ3n) is 4.50. The average molecular weight is 217 g/mol. The highest BCUT2D eigenvalue weighted by atomic mass is 16.5. The summed E-state index contributed by atoms with van der Waals surface area (Å²) in [6.07, 6.45) is 5.24.